The Labute approximate surface area is 180 Å². The molecule has 0 aliphatic carbocycles. The molecule has 29 heavy (non-hydrogen) atoms. The van der Waals surface area contributed by atoms with Crippen molar-refractivity contribution in [3.8, 4) is 0 Å². The van der Waals surface area contributed by atoms with E-state index in [-0.39, 0.29) is 35.1 Å². The third-order valence-corrected chi connectivity index (χ3v) is 8.64. The molecule has 5 nitrogen and oxygen atoms in total. The zero-order valence-corrected chi connectivity index (χ0v) is 18.3. The molecule has 2 aliphatic heterocycles. The molecule has 8 heteroatoms. The molecule has 0 bridgehead atoms. The van der Waals surface area contributed by atoms with E-state index in [9.17, 15) is 13.2 Å². The van der Waals surface area contributed by atoms with Gasteiger partial charge in [0.2, 0.25) is 0 Å². The topological polar surface area (TPSA) is 66.8 Å². The molecule has 2 aromatic rings. The maximum Gasteiger partial charge on any atom is 0.252 e. The molecule has 2 saturated heterocycles. The summed E-state index contributed by atoms with van der Waals surface area (Å²) in [7, 11) is -3.07. The number of benzene rings is 2. The van der Waals surface area contributed by atoms with Crippen molar-refractivity contribution >= 4 is 44.3 Å². The average Bonchev–Trinajstić information content (AvgIpc) is 3.11. The minimum Gasteiger partial charge on any atom is -0.342 e. The van der Waals surface area contributed by atoms with Gasteiger partial charge in [-0.1, -0.05) is 65.3 Å². The van der Waals surface area contributed by atoms with Crippen molar-refractivity contribution in [1.29, 1.82) is 0 Å². The van der Waals surface area contributed by atoms with E-state index in [0.717, 1.165) is 16.7 Å². The van der Waals surface area contributed by atoms with Gasteiger partial charge < -0.3 is 4.90 Å². The SMILES string of the molecule is Cc1ccc(CC(=O)N=C2S[C@@H]3CS(=O)(=O)C[C@H]3N2Cc2ccc(Cl)cc2)cc1. The highest BCUT2D eigenvalue weighted by atomic mass is 35.5. The van der Waals surface area contributed by atoms with Crippen molar-refractivity contribution in [3.05, 3.63) is 70.2 Å². The number of aliphatic imine (C=N–C) groups is 1. The minimum atomic E-state index is -3.07. The van der Waals surface area contributed by atoms with Crippen LogP contribution in [0.4, 0.5) is 0 Å². The fourth-order valence-corrected chi connectivity index (χ4v) is 7.73. The number of nitrogens with zero attached hydrogens (tertiary/aromatic N) is 2. The Morgan fingerprint density at radius 2 is 1.76 bits per heavy atom. The normalized spacial score (nSPS) is 24.1. The summed E-state index contributed by atoms with van der Waals surface area (Å²) >= 11 is 7.38. The Kier molecular flexibility index (Phi) is 5.73. The van der Waals surface area contributed by atoms with Crippen LogP contribution in [0.15, 0.2) is 53.5 Å². The largest absolute Gasteiger partial charge is 0.342 e. The van der Waals surface area contributed by atoms with Crippen molar-refractivity contribution in [1.82, 2.24) is 4.90 Å². The highest BCUT2D eigenvalue weighted by Crippen LogP contribution is 2.39. The van der Waals surface area contributed by atoms with Crippen molar-refractivity contribution in [2.24, 2.45) is 4.99 Å². The Hall–Kier alpha value is -1.83. The zero-order chi connectivity index (χ0) is 20.6. The van der Waals surface area contributed by atoms with E-state index in [1.165, 1.54) is 11.8 Å². The molecular formula is C21H21ClN2O3S2. The first-order valence-corrected chi connectivity index (χ1v) is 12.4. The van der Waals surface area contributed by atoms with Gasteiger partial charge in [-0.05, 0) is 30.2 Å². The summed E-state index contributed by atoms with van der Waals surface area (Å²) in [4.78, 5) is 18.9. The number of amidine groups is 1. The lowest BCUT2D eigenvalue weighted by atomic mass is 10.1. The van der Waals surface area contributed by atoms with E-state index in [1.807, 2.05) is 60.4 Å². The van der Waals surface area contributed by atoms with E-state index in [4.69, 9.17) is 11.6 Å². The number of rotatable bonds is 4. The van der Waals surface area contributed by atoms with Crippen LogP contribution in [0.3, 0.4) is 0 Å². The molecule has 0 unspecified atom stereocenters. The van der Waals surface area contributed by atoms with Crippen LogP contribution < -0.4 is 0 Å². The monoisotopic (exact) mass is 448 g/mol. The van der Waals surface area contributed by atoms with Gasteiger partial charge >= 0.3 is 0 Å². The number of amides is 1. The van der Waals surface area contributed by atoms with Gasteiger partial charge in [-0.3, -0.25) is 4.79 Å². The number of aryl methyl sites for hydroxylation is 1. The summed E-state index contributed by atoms with van der Waals surface area (Å²) in [6.07, 6.45) is 0.229. The van der Waals surface area contributed by atoms with E-state index in [2.05, 4.69) is 4.99 Å². The molecule has 2 heterocycles. The number of hydrogen-bond donors (Lipinski definition) is 0. The number of carbonyl (C=O) groups is 1. The average molecular weight is 449 g/mol. The summed E-state index contributed by atoms with van der Waals surface area (Å²) in [5.74, 6) is 0.00826. The number of halogens is 1. The van der Waals surface area contributed by atoms with Crippen LogP contribution >= 0.6 is 23.4 Å². The fourth-order valence-electron chi connectivity index (χ4n) is 3.63. The lowest BCUT2D eigenvalue weighted by molar-refractivity contribution is -0.117. The molecule has 0 saturated carbocycles. The van der Waals surface area contributed by atoms with Crippen molar-refractivity contribution in [3.63, 3.8) is 0 Å². The predicted molar refractivity (Wildman–Crippen MR) is 118 cm³/mol. The maximum atomic E-state index is 12.6. The summed E-state index contributed by atoms with van der Waals surface area (Å²) in [5.41, 5.74) is 3.06. The number of fused-ring (bicyclic) bond motifs is 1. The molecule has 0 spiro atoms. The quantitative estimate of drug-likeness (QED) is 0.716. The Balaban J connectivity index is 1.56. The van der Waals surface area contributed by atoms with E-state index in [1.54, 1.807) is 0 Å². The summed E-state index contributed by atoms with van der Waals surface area (Å²) < 4.78 is 24.2. The fraction of sp³-hybridized carbons (Fsp3) is 0.333. The lowest BCUT2D eigenvalue weighted by Crippen LogP contribution is -2.37. The van der Waals surface area contributed by atoms with Gasteiger partial charge in [-0.2, -0.15) is 4.99 Å². The number of carbonyl (C=O) groups excluding carboxylic acids is 1. The highest BCUT2D eigenvalue weighted by Gasteiger charge is 2.48. The third-order valence-electron chi connectivity index (χ3n) is 5.14. The molecule has 0 aromatic heterocycles. The molecule has 1 amide bonds. The van der Waals surface area contributed by atoms with Gasteiger partial charge in [0.25, 0.3) is 5.91 Å². The summed E-state index contributed by atoms with van der Waals surface area (Å²) in [6, 6.07) is 15.1. The third kappa shape index (κ3) is 4.85. The Morgan fingerprint density at radius 1 is 1.10 bits per heavy atom. The van der Waals surface area contributed by atoms with Gasteiger partial charge in [0.15, 0.2) is 15.0 Å². The number of thioether (sulfide) groups is 1. The van der Waals surface area contributed by atoms with Crippen LogP contribution in [0.2, 0.25) is 5.02 Å². The van der Waals surface area contributed by atoms with Crippen LogP contribution in [0, 0.1) is 6.92 Å². The molecule has 2 aliphatic rings. The van der Waals surface area contributed by atoms with Gasteiger partial charge in [0.05, 0.1) is 24.0 Å². The summed E-state index contributed by atoms with van der Waals surface area (Å²) in [6.45, 7) is 2.50. The molecule has 2 fully saturated rings. The van der Waals surface area contributed by atoms with Gasteiger partial charge in [0.1, 0.15) is 0 Å². The molecule has 2 aromatic carbocycles. The van der Waals surface area contributed by atoms with Gasteiger partial charge in [-0.25, -0.2) is 8.42 Å². The first kappa shape index (κ1) is 20.4. The van der Waals surface area contributed by atoms with Crippen molar-refractivity contribution in [2.75, 3.05) is 11.5 Å². The molecule has 0 N–H and O–H groups in total. The second-order valence-electron chi connectivity index (χ2n) is 7.51. The van der Waals surface area contributed by atoms with Crippen LogP contribution in [0.5, 0.6) is 0 Å². The van der Waals surface area contributed by atoms with Crippen molar-refractivity contribution in [2.45, 2.75) is 31.2 Å². The van der Waals surface area contributed by atoms with Crippen LogP contribution in [0.25, 0.3) is 0 Å². The minimum absolute atomic E-state index is 0.0850. The summed E-state index contributed by atoms with van der Waals surface area (Å²) in [5, 5.41) is 1.17. The van der Waals surface area contributed by atoms with Crippen LogP contribution in [-0.2, 0) is 27.6 Å². The second kappa shape index (κ2) is 8.13. The lowest BCUT2D eigenvalue weighted by Gasteiger charge is -2.24. The Morgan fingerprint density at radius 3 is 2.45 bits per heavy atom. The van der Waals surface area contributed by atoms with Crippen molar-refractivity contribution < 1.29 is 13.2 Å². The van der Waals surface area contributed by atoms with Crippen LogP contribution in [0.1, 0.15) is 16.7 Å². The molecular weight excluding hydrogens is 428 g/mol. The predicted octanol–water partition coefficient (Wildman–Crippen LogP) is 3.49. The standard InChI is InChI=1S/C21H21ClN2O3S2/c1-14-2-4-15(5-3-14)10-20(25)23-21-24(11-16-6-8-17(22)9-7-16)18-12-29(26,27)13-19(18)28-21/h2-9,18-19H,10-13H2,1H3/t18-,19-/m1/s1. The molecule has 4 rings (SSSR count). The molecule has 2 atom stereocenters. The van der Waals surface area contributed by atoms with Gasteiger partial charge in [-0.15, -0.1) is 0 Å². The maximum absolute atomic E-state index is 12.6. The molecule has 0 radical (unpaired) electrons. The van der Waals surface area contributed by atoms with Gasteiger partial charge in [0, 0.05) is 16.8 Å². The zero-order valence-electron chi connectivity index (χ0n) is 15.9. The second-order valence-corrected chi connectivity index (χ2v) is 11.3. The van der Waals surface area contributed by atoms with E-state index in [0.29, 0.717) is 16.7 Å². The van der Waals surface area contributed by atoms with E-state index >= 15 is 0 Å². The highest BCUT2D eigenvalue weighted by molar-refractivity contribution is 8.15. The first-order chi connectivity index (χ1) is 13.8. The first-order valence-electron chi connectivity index (χ1n) is 9.34. The number of hydrogen-bond acceptors (Lipinski definition) is 4. The smallest absolute Gasteiger partial charge is 0.252 e. The van der Waals surface area contributed by atoms with E-state index < -0.39 is 9.84 Å². The Bertz CT molecular complexity index is 1050. The molecule has 152 valence electrons. The van der Waals surface area contributed by atoms with Crippen LogP contribution in [-0.4, -0.2) is 47.2 Å². The number of sulfone groups is 1.